The largest absolute Gasteiger partial charge is 0.465 e. The van der Waals surface area contributed by atoms with Crippen LogP contribution in [-0.2, 0) is 4.79 Å². The fraction of sp³-hybridized carbons (Fsp3) is 0.824. The Kier molecular flexibility index (Phi) is 5.16. The van der Waals surface area contributed by atoms with Crippen LogP contribution in [0.15, 0.2) is 4.99 Å². The lowest BCUT2D eigenvalue weighted by molar-refractivity contribution is -0.138. The number of halogens is 3. The smallest absolute Gasteiger partial charge is 0.407 e. The van der Waals surface area contributed by atoms with Crippen molar-refractivity contribution in [3.63, 3.8) is 0 Å². The molecular weight excluding hydrogens is 351 g/mol. The summed E-state index contributed by atoms with van der Waals surface area (Å²) < 4.78 is 37.0. The summed E-state index contributed by atoms with van der Waals surface area (Å²) in [5.41, 5.74) is -0.867. The van der Waals surface area contributed by atoms with Crippen LogP contribution in [0.5, 0.6) is 0 Å². The number of nitrogens with zero attached hydrogens (tertiary/aromatic N) is 2. The quantitative estimate of drug-likeness (QED) is 0.795. The van der Waals surface area contributed by atoms with Crippen molar-refractivity contribution in [2.24, 2.45) is 16.8 Å². The van der Waals surface area contributed by atoms with Crippen molar-refractivity contribution >= 4 is 17.8 Å². The number of carboxylic acid groups (broad SMARTS) is 1. The number of rotatable bonds is 3. The van der Waals surface area contributed by atoms with Crippen molar-refractivity contribution in [1.82, 2.24) is 10.2 Å². The van der Waals surface area contributed by atoms with Crippen molar-refractivity contribution in [1.29, 1.82) is 0 Å². The fourth-order valence-electron chi connectivity index (χ4n) is 4.23. The first-order chi connectivity index (χ1) is 12.2. The molecule has 146 valence electrons. The summed E-state index contributed by atoms with van der Waals surface area (Å²) in [4.78, 5) is 29.4. The number of carbonyl (C=O) groups is 2. The van der Waals surface area contributed by atoms with E-state index in [1.807, 2.05) is 0 Å². The van der Waals surface area contributed by atoms with Gasteiger partial charge >= 0.3 is 12.3 Å². The molecule has 0 aromatic carbocycles. The number of carbonyl (C=O) groups excluding carboxylic acids is 1. The summed E-state index contributed by atoms with van der Waals surface area (Å²) in [5, 5.41) is 11.9. The van der Waals surface area contributed by atoms with Crippen molar-refractivity contribution in [2.45, 2.75) is 63.1 Å². The van der Waals surface area contributed by atoms with Crippen molar-refractivity contribution < 1.29 is 27.9 Å². The third kappa shape index (κ3) is 4.12. The fourth-order valence-corrected chi connectivity index (χ4v) is 4.23. The number of nitrogens with one attached hydrogen (secondary N) is 1. The van der Waals surface area contributed by atoms with E-state index in [9.17, 15) is 22.8 Å². The second-order valence-corrected chi connectivity index (χ2v) is 7.62. The van der Waals surface area contributed by atoms with Crippen molar-refractivity contribution in [3.8, 4) is 0 Å². The predicted octanol–water partition coefficient (Wildman–Crippen LogP) is 3.18. The van der Waals surface area contributed by atoms with E-state index >= 15 is 0 Å². The maximum absolute atomic E-state index is 12.4. The van der Waals surface area contributed by atoms with Gasteiger partial charge in [-0.1, -0.05) is 0 Å². The van der Waals surface area contributed by atoms with Gasteiger partial charge < -0.3 is 15.3 Å². The Bertz CT molecular complexity index is 590. The summed E-state index contributed by atoms with van der Waals surface area (Å²) in [7, 11) is 0. The van der Waals surface area contributed by atoms with Gasteiger partial charge in [-0.25, -0.2) is 4.79 Å². The lowest BCUT2D eigenvalue weighted by Gasteiger charge is -2.33. The molecule has 2 amide bonds. The van der Waals surface area contributed by atoms with E-state index in [4.69, 9.17) is 5.11 Å². The van der Waals surface area contributed by atoms with Gasteiger partial charge in [-0.05, 0) is 50.9 Å². The van der Waals surface area contributed by atoms with E-state index in [2.05, 4.69) is 10.3 Å². The Morgan fingerprint density at radius 2 is 1.85 bits per heavy atom. The van der Waals surface area contributed by atoms with Crippen LogP contribution < -0.4 is 5.32 Å². The molecule has 0 bridgehead atoms. The van der Waals surface area contributed by atoms with Crippen molar-refractivity contribution in [3.05, 3.63) is 0 Å². The molecule has 1 saturated heterocycles. The monoisotopic (exact) mass is 375 g/mol. The first kappa shape index (κ1) is 19.0. The van der Waals surface area contributed by atoms with Crippen LogP contribution in [0.1, 0.15) is 51.4 Å². The van der Waals surface area contributed by atoms with E-state index in [1.54, 1.807) is 0 Å². The molecule has 0 unspecified atom stereocenters. The van der Waals surface area contributed by atoms with Gasteiger partial charge in [-0.2, -0.15) is 13.2 Å². The van der Waals surface area contributed by atoms with Crippen LogP contribution >= 0.6 is 0 Å². The average Bonchev–Trinajstić information content (AvgIpc) is 2.90. The highest BCUT2D eigenvalue weighted by atomic mass is 19.4. The van der Waals surface area contributed by atoms with E-state index in [0.717, 1.165) is 25.7 Å². The molecule has 0 aromatic heterocycles. The van der Waals surface area contributed by atoms with Gasteiger partial charge in [-0.3, -0.25) is 9.79 Å². The summed E-state index contributed by atoms with van der Waals surface area (Å²) in [6.07, 6.45) is -2.00. The van der Waals surface area contributed by atoms with E-state index < -0.39 is 24.2 Å². The molecule has 0 radical (unpaired) electrons. The van der Waals surface area contributed by atoms with Gasteiger partial charge in [0.1, 0.15) is 11.4 Å². The summed E-state index contributed by atoms with van der Waals surface area (Å²) in [6.45, 7) is 0.563. The molecule has 1 spiro atoms. The molecule has 1 aliphatic carbocycles. The third-order valence-corrected chi connectivity index (χ3v) is 5.93. The van der Waals surface area contributed by atoms with Crippen LogP contribution in [0.2, 0.25) is 0 Å². The Balaban J connectivity index is 1.55. The van der Waals surface area contributed by atoms with Crippen LogP contribution in [0.25, 0.3) is 0 Å². The summed E-state index contributed by atoms with van der Waals surface area (Å²) in [5.74, 6) is 0.640. The predicted molar refractivity (Wildman–Crippen MR) is 87.9 cm³/mol. The normalized spacial score (nSPS) is 28.8. The van der Waals surface area contributed by atoms with E-state index in [-0.39, 0.29) is 37.3 Å². The molecule has 9 heteroatoms. The maximum atomic E-state index is 12.4. The topological polar surface area (TPSA) is 82.0 Å². The molecule has 0 aromatic rings. The Morgan fingerprint density at radius 1 is 1.23 bits per heavy atom. The second-order valence-electron chi connectivity index (χ2n) is 7.62. The minimum atomic E-state index is -4.10. The highest BCUT2D eigenvalue weighted by Crippen LogP contribution is 2.37. The minimum Gasteiger partial charge on any atom is -0.465 e. The number of amides is 2. The summed E-state index contributed by atoms with van der Waals surface area (Å²) >= 11 is 0. The lowest BCUT2D eigenvalue weighted by atomic mass is 9.79. The number of hydrogen-bond donors (Lipinski definition) is 2. The Morgan fingerprint density at radius 3 is 2.38 bits per heavy atom. The van der Waals surface area contributed by atoms with Gasteiger partial charge in [-0.15, -0.1) is 0 Å². The maximum Gasteiger partial charge on any atom is 0.407 e. The number of aliphatic imine (C=N–C) groups is 1. The van der Waals surface area contributed by atoms with Crippen LogP contribution in [0.3, 0.4) is 0 Å². The molecule has 2 fully saturated rings. The molecule has 3 aliphatic rings. The zero-order valence-electron chi connectivity index (χ0n) is 14.5. The highest BCUT2D eigenvalue weighted by molar-refractivity contribution is 6.09. The van der Waals surface area contributed by atoms with Crippen LogP contribution in [0.4, 0.5) is 18.0 Å². The number of likely N-dealkylation sites (tertiary alicyclic amines) is 1. The number of amidine groups is 1. The Hall–Kier alpha value is -1.80. The number of hydrogen-bond acceptors (Lipinski definition) is 3. The summed E-state index contributed by atoms with van der Waals surface area (Å²) in [6, 6.07) is 0. The SMILES string of the molecule is O=C(O)N1CCC2(CC1)N=C(C1CCC(CCC(F)(F)F)CC1)NC2=O. The van der Waals surface area contributed by atoms with E-state index in [0.29, 0.717) is 18.7 Å². The Labute approximate surface area is 149 Å². The molecule has 2 heterocycles. The third-order valence-electron chi connectivity index (χ3n) is 5.93. The standard InChI is InChI=1S/C17H24F3N3O3/c18-17(19,20)6-5-11-1-3-12(4-2-11)13-21-14(24)16(22-13)7-9-23(10-8-16)15(25)26/h11-12H,1-10H2,(H,25,26)(H,21,22,24). The number of piperidine rings is 1. The molecule has 2 N–H and O–H groups in total. The zero-order chi connectivity index (χ0) is 18.9. The van der Waals surface area contributed by atoms with Crippen LogP contribution in [-0.4, -0.2) is 52.6 Å². The van der Waals surface area contributed by atoms with Gasteiger partial charge in [0.05, 0.1) is 0 Å². The molecule has 26 heavy (non-hydrogen) atoms. The van der Waals surface area contributed by atoms with Crippen molar-refractivity contribution in [2.75, 3.05) is 13.1 Å². The van der Waals surface area contributed by atoms with Gasteiger partial charge in [0.15, 0.2) is 0 Å². The van der Waals surface area contributed by atoms with Gasteiger partial charge in [0.25, 0.3) is 5.91 Å². The zero-order valence-corrected chi connectivity index (χ0v) is 14.5. The molecule has 0 atom stereocenters. The number of alkyl halides is 3. The lowest BCUT2D eigenvalue weighted by Crippen LogP contribution is -2.50. The van der Waals surface area contributed by atoms with Gasteiger partial charge in [0.2, 0.25) is 0 Å². The molecule has 2 aliphatic heterocycles. The first-order valence-electron chi connectivity index (χ1n) is 9.14. The van der Waals surface area contributed by atoms with Crippen LogP contribution in [0, 0.1) is 11.8 Å². The average molecular weight is 375 g/mol. The second kappa shape index (κ2) is 7.08. The molecule has 3 rings (SSSR count). The molecular formula is C17H24F3N3O3. The first-order valence-corrected chi connectivity index (χ1v) is 9.14. The molecule has 1 saturated carbocycles. The van der Waals surface area contributed by atoms with Gasteiger partial charge in [0, 0.05) is 25.4 Å². The molecule has 6 nitrogen and oxygen atoms in total. The van der Waals surface area contributed by atoms with E-state index in [1.165, 1.54) is 4.90 Å². The minimum absolute atomic E-state index is 0.0814. The highest BCUT2D eigenvalue weighted by Gasteiger charge is 2.47.